The van der Waals surface area contributed by atoms with Gasteiger partial charge in [0.05, 0.1) is 0 Å². The number of cyclic esters (lactones) is 1. The highest BCUT2D eigenvalue weighted by atomic mass is 16.6. The number of nitrogens with zero attached hydrogens (tertiary/aromatic N) is 1. The second-order valence-corrected chi connectivity index (χ2v) is 4.72. The van der Waals surface area contributed by atoms with Crippen LogP contribution in [0.15, 0.2) is 30.3 Å². The molecule has 2 rings (SSSR count). The lowest BCUT2D eigenvalue weighted by atomic mass is 10.1. The van der Waals surface area contributed by atoms with Gasteiger partial charge in [-0.25, -0.2) is 9.59 Å². The Bertz CT molecular complexity index is 502. The largest absolute Gasteiger partial charge is 0.444 e. The maximum absolute atomic E-state index is 12.0. The molecule has 0 aliphatic carbocycles. The molecule has 0 saturated carbocycles. The highest BCUT2D eigenvalue weighted by Crippen LogP contribution is 2.18. The Morgan fingerprint density at radius 3 is 2.86 bits per heavy atom. The maximum Gasteiger partial charge on any atom is 0.413 e. The fourth-order valence-corrected chi connectivity index (χ4v) is 2.10. The number of benzene rings is 1. The summed E-state index contributed by atoms with van der Waals surface area (Å²) < 4.78 is 10.1. The van der Waals surface area contributed by atoms with Gasteiger partial charge in [0.2, 0.25) is 0 Å². The summed E-state index contributed by atoms with van der Waals surface area (Å²) in [5.74, 6) is -0.447. The van der Waals surface area contributed by atoms with Crippen molar-refractivity contribution in [3.8, 4) is 0 Å². The van der Waals surface area contributed by atoms with Crippen molar-refractivity contribution in [1.82, 2.24) is 4.90 Å². The smallest absolute Gasteiger partial charge is 0.413 e. The van der Waals surface area contributed by atoms with Crippen molar-refractivity contribution in [2.75, 3.05) is 6.73 Å². The first kappa shape index (κ1) is 15.0. The van der Waals surface area contributed by atoms with Gasteiger partial charge in [0.1, 0.15) is 18.9 Å². The minimum Gasteiger partial charge on any atom is -0.444 e. The Hall–Kier alpha value is -2.37. The zero-order valence-electron chi connectivity index (χ0n) is 11.6. The number of ether oxygens (including phenoxy) is 2. The minimum atomic E-state index is -0.659. The van der Waals surface area contributed by atoms with E-state index in [1.165, 1.54) is 4.90 Å². The second kappa shape index (κ2) is 7.42. The zero-order valence-corrected chi connectivity index (χ0v) is 11.6. The Morgan fingerprint density at radius 1 is 1.38 bits per heavy atom. The van der Waals surface area contributed by atoms with Crippen LogP contribution in [-0.4, -0.2) is 36.0 Å². The fraction of sp³-hybridized carbons (Fsp3) is 0.400. The van der Waals surface area contributed by atoms with Crippen molar-refractivity contribution in [2.24, 2.45) is 0 Å². The number of rotatable bonds is 6. The third-order valence-electron chi connectivity index (χ3n) is 3.23. The first-order chi connectivity index (χ1) is 10.2. The predicted octanol–water partition coefficient (Wildman–Crippen LogP) is 1.88. The van der Waals surface area contributed by atoms with Crippen LogP contribution in [0.1, 0.15) is 24.8 Å². The molecule has 6 nitrogen and oxygen atoms in total. The van der Waals surface area contributed by atoms with E-state index in [4.69, 9.17) is 9.47 Å². The highest BCUT2D eigenvalue weighted by molar-refractivity contribution is 5.83. The van der Waals surface area contributed by atoms with E-state index in [2.05, 4.69) is 0 Å². The molecule has 0 unspecified atom stereocenters. The molecule has 1 fully saturated rings. The lowest BCUT2D eigenvalue weighted by molar-refractivity contribution is -0.139. The molecule has 1 amide bonds. The lowest BCUT2D eigenvalue weighted by Gasteiger charge is -2.19. The molecule has 1 atom stereocenters. The first-order valence-electron chi connectivity index (χ1n) is 6.80. The molecule has 1 heterocycles. The van der Waals surface area contributed by atoms with E-state index in [9.17, 15) is 14.4 Å². The van der Waals surface area contributed by atoms with E-state index in [1.54, 1.807) is 0 Å². The van der Waals surface area contributed by atoms with Crippen molar-refractivity contribution in [3.63, 3.8) is 0 Å². The Labute approximate surface area is 122 Å². The van der Waals surface area contributed by atoms with Crippen LogP contribution in [0.2, 0.25) is 0 Å². The molecule has 112 valence electrons. The van der Waals surface area contributed by atoms with Gasteiger partial charge in [-0.15, -0.1) is 0 Å². The van der Waals surface area contributed by atoms with Crippen LogP contribution in [-0.2, 0) is 25.7 Å². The summed E-state index contributed by atoms with van der Waals surface area (Å²) in [6.07, 6.45) is 1.50. The van der Waals surface area contributed by atoms with Crippen molar-refractivity contribution >= 4 is 18.3 Å². The maximum atomic E-state index is 12.0. The minimum absolute atomic E-state index is 0.0990. The van der Waals surface area contributed by atoms with Gasteiger partial charge in [0, 0.05) is 6.42 Å². The van der Waals surface area contributed by atoms with Crippen LogP contribution in [0, 0.1) is 0 Å². The summed E-state index contributed by atoms with van der Waals surface area (Å²) in [7, 11) is 0. The van der Waals surface area contributed by atoms with Gasteiger partial charge < -0.3 is 14.3 Å². The Balaban J connectivity index is 1.87. The van der Waals surface area contributed by atoms with E-state index in [0.29, 0.717) is 19.3 Å². The number of esters is 1. The van der Waals surface area contributed by atoms with Gasteiger partial charge in [-0.3, -0.25) is 4.90 Å². The second-order valence-electron chi connectivity index (χ2n) is 4.72. The SMILES string of the molecule is O=CCCC[C@@H]1C(=O)OCN1C(=O)OCc1ccccc1. The normalized spacial score (nSPS) is 17.4. The molecule has 0 bridgehead atoms. The summed E-state index contributed by atoms with van der Waals surface area (Å²) in [5, 5.41) is 0. The number of carbonyl (C=O) groups is 3. The van der Waals surface area contributed by atoms with Crippen LogP contribution in [0.3, 0.4) is 0 Å². The van der Waals surface area contributed by atoms with Crippen LogP contribution >= 0.6 is 0 Å². The third kappa shape index (κ3) is 4.05. The number of hydrogen-bond acceptors (Lipinski definition) is 5. The summed E-state index contributed by atoms with van der Waals surface area (Å²) in [5.41, 5.74) is 0.870. The number of amides is 1. The molecule has 1 aromatic rings. The molecule has 0 spiro atoms. The molecule has 6 heteroatoms. The number of aldehydes is 1. The van der Waals surface area contributed by atoms with Crippen LogP contribution in [0.4, 0.5) is 4.79 Å². The molecule has 1 aliphatic rings. The monoisotopic (exact) mass is 291 g/mol. The number of unbranched alkanes of at least 4 members (excludes halogenated alkanes) is 1. The average Bonchev–Trinajstić information content (AvgIpc) is 2.87. The summed E-state index contributed by atoms with van der Waals surface area (Å²) in [6.45, 7) is 0.0453. The standard InChI is InChI=1S/C15H17NO5/c17-9-5-4-8-13-14(18)21-11-16(13)15(19)20-10-12-6-2-1-3-7-12/h1-3,6-7,9,13H,4-5,8,10-11H2/t13-/m1/s1. The molecule has 1 aliphatic heterocycles. The Kier molecular flexibility index (Phi) is 5.31. The van der Waals surface area contributed by atoms with E-state index < -0.39 is 18.1 Å². The van der Waals surface area contributed by atoms with Crippen molar-refractivity contribution in [3.05, 3.63) is 35.9 Å². The topological polar surface area (TPSA) is 72.9 Å². The average molecular weight is 291 g/mol. The van der Waals surface area contributed by atoms with Crippen LogP contribution < -0.4 is 0 Å². The summed E-state index contributed by atoms with van der Waals surface area (Å²) in [6, 6.07) is 8.62. The van der Waals surface area contributed by atoms with Gasteiger partial charge in [-0.05, 0) is 18.4 Å². The van der Waals surface area contributed by atoms with Crippen molar-refractivity contribution < 1.29 is 23.9 Å². The predicted molar refractivity (Wildman–Crippen MR) is 73.1 cm³/mol. The number of hydrogen-bond donors (Lipinski definition) is 0. The van der Waals surface area contributed by atoms with Gasteiger partial charge in [-0.1, -0.05) is 30.3 Å². The van der Waals surface area contributed by atoms with Crippen molar-refractivity contribution in [1.29, 1.82) is 0 Å². The van der Waals surface area contributed by atoms with Gasteiger partial charge >= 0.3 is 12.1 Å². The van der Waals surface area contributed by atoms with Gasteiger partial charge in [0.15, 0.2) is 6.73 Å². The van der Waals surface area contributed by atoms with E-state index in [1.807, 2.05) is 30.3 Å². The molecular weight excluding hydrogens is 274 g/mol. The molecule has 0 aromatic heterocycles. The quantitative estimate of drug-likeness (QED) is 0.454. The molecular formula is C15H17NO5. The van der Waals surface area contributed by atoms with Crippen LogP contribution in [0.5, 0.6) is 0 Å². The zero-order chi connectivity index (χ0) is 15.1. The molecule has 1 saturated heterocycles. The van der Waals surface area contributed by atoms with E-state index in [-0.39, 0.29) is 13.3 Å². The number of carbonyl (C=O) groups excluding carboxylic acids is 3. The lowest BCUT2D eigenvalue weighted by Crippen LogP contribution is -2.38. The molecule has 1 aromatic carbocycles. The van der Waals surface area contributed by atoms with E-state index >= 15 is 0 Å². The molecule has 0 radical (unpaired) electrons. The van der Waals surface area contributed by atoms with Crippen LogP contribution in [0.25, 0.3) is 0 Å². The van der Waals surface area contributed by atoms with Gasteiger partial charge in [-0.2, -0.15) is 0 Å². The summed E-state index contributed by atoms with van der Waals surface area (Å²) >= 11 is 0. The summed E-state index contributed by atoms with van der Waals surface area (Å²) in [4.78, 5) is 35.2. The van der Waals surface area contributed by atoms with Crippen molar-refractivity contribution in [2.45, 2.75) is 31.9 Å². The third-order valence-corrected chi connectivity index (χ3v) is 3.23. The van der Waals surface area contributed by atoms with Gasteiger partial charge in [0.25, 0.3) is 0 Å². The fourth-order valence-electron chi connectivity index (χ4n) is 2.10. The molecule has 0 N–H and O–H groups in total. The van der Waals surface area contributed by atoms with E-state index in [0.717, 1.165) is 11.8 Å². The molecule has 21 heavy (non-hydrogen) atoms. The first-order valence-corrected chi connectivity index (χ1v) is 6.80. The Morgan fingerprint density at radius 2 is 2.14 bits per heavy atom. The highest BCUT2D eigenvalue weighted by Gasteiger charge is 2.38.